The van der Waals surface area contributed by atoms with Gasteiger partial charge in [-0.2, -0.15) is 13.2 Å². The summed E-state index contributed by atoms with van der Waals surface area (Å²) in [6.45, 7) is 0.427. The van der Waals surface area contributed by atoms with E-state index >= 15 is 0 Å². The van der Waals surface area contributed by atoms with Crippen molar-refractivity contribution in [1.82, 2.24) is 0 Å². The van der Waals surface area contributed by atoms with Crippen molar-refractivity contribution in [2.75, 3.05) is 23.7 Å². The van der Waals surface area contributed by atoms with E-state index in [1.165, 1.54) is 0 Å². The molecular weight excluding hydrogens is 217 g/mol. The summed E-state index contributed by atoms with van der Waals surface area (Å²) in [6, 6.07) is 7.02. The van der Waals surface area contributed by atoms with Crippen molar-refractivity contribution in [2.24, 2.45) is 5.92 Å². The summed E-state index contributed by atoms with van der Waals surface area (Å²) in [4.78, 5) is 1.70. The molecule has 5 heteroatoms. The fourth-order valence-electron chi connectivity index (χ4n) is 2.02. The van der Waals surface area contributed by atoms with Crippen molar-refractivity contribution in [2.45, 2.75) is 12.6 Å². The molecule has 1 heterocycles. The van der Waals surface area contributed by atoms with Crippen LogP contribution in [0.25, 0.3) is 0 Å². The predicted molar refractivity (Wildman–Crippen MR) is 57.2 cm³/mol. The molecular formula is C11H13F3N2. The van der Waals surface area contributed by atoms with Crippen molar-refractivity contribution in [1.29, 1.82) is 0 Å². The molecule has 0 spiro atoms. The van der Waals surface area contributed by atoms with Gasteiger partial charge in [0.15, 0.2) is 0 Å². The van der Waals surface area contributed by atoms with Crippen LogP contribution in [0.2, 0.25) is 0 Å². The van der Waals surface area contributed by atoms with Crippen LogP contribution in [0.4, 0.5) is 24.5 Å². The summed E-state index contributed by atoms with van der Waals surface area (Å²) in [5.41, 5.74) is 6.97. The number of anilines is 2. The van der Waals surface area contributed by atoms with Crippen molar-refractivity contribution in [3.8, 4) is 0 Å². The van der Waals surface area contributed by atoms with E-state index in [1.807, 2.05) is 0 Å². The first-order chi connectivity index (χ1) is 7.48. The number of hydrogen-bond acceptors (Lipinski definition) is 2. The van der Waals surface area contributed by atoms with Crippen LogP contribution in [-0.2, 0) is 0 Å². The minimum Gasteiger partial charge on any atom is -0.397 e. The van der Waals surface area contributed by atoms with Gasteiger partial charge in [0.2, 0.25) is 0 Å². The highest BCUT2D eigenvalue weighted by Crippen LogP contribution is 2.36. The normalized spacial score (nSPS) is 21.4. The fraction of sp³-hybridized carbons (Fsp3) is 0.455. The number of nitrogen functional groups attached to an aromatic ring is 1. The fourth-order valence-corrected chi connectivity index (χ4v) is 2.02. The van der Waals surface area contributed by atoms with Crippen LogP contribution in [0.1, 0.15) is 6.42 Å². The average molecular weight is 230 g/mol. The third kappa shape index (κ3) is 2.08. The third-order valence-electron chi connectivity index (χ3n) is 2.93. The molecule has 0 saturated carbocycles. The second-order valence-electron chi connectivity index (χ2n) is 4.03. The van der Waals surface area contributed by atoms with Crippen LogP contribution >= 0.6 is 0 Å². The van der Waals surface area contributed by atoms with Gasteiger partial charge in [0, 0.05) is 13.1 Å². The Morgan fingerprint density at radius 3 is 2.50 bits per heavy atom. The van der Waals surface area contributed by atoms with Crippen LogP contribution in [-0.4, -0.2) is 19.3 Å². The molecule has 1 aliphatic rings. The van der Waals surface area contributed by atoms with E-state index in [9.17, 15) is 13.2 Å². The topological polar surface area (TPSA) is 29.3 Å². The molecule has 88 valence electrons. The molecule has 1 atom stereocenters. The molecule has 0 aliphatic carbocycles. The van der Waals surface area contributed by atoms with Crippen LogP contribution in [0.3, 0.4) is 0 Å². The lowest BCUT2D eigenvalue weighted by atomic mass is 10.1. The maximum Gasteiger partial charge on any atom is 0.393 e. The summed E-state index contributed by atoms with van der Waals surface area (Å²) in [7, 11) is 0. The van der Waals surface area contributed by atoms with E-state index in [-0.39, 0.29) is 13.0 Å². The Labute approximate surface area is 91.8 Å². The average Bonchev–Trinajstić information content (AvgIpc) is 2.66. The number of alkyl halides is 3. The first kappa shape index (κ1) is 11.1. The van der Waals surface area contributed by atoms with Gasteiger partial charge in [0.05, 0.1) is 17.3 Å². The number of hydrogen-bond donors (Lipinski definition) is 1. The summed E-state index contributed by atoms with van der Waals surface area (Å²) in [5, 5.41) is 0. The first-order valence-corrected chi connectivity index (χ1v) is 5.14. The zero-order chi connectivity index (χ0) is 11.8. The number of nitrogens with zero attached hydrogens (tertiary/aromatic N) is 1. The van der Waals surface area contributed by atoms with E-state index in [1.54, 1.807) is 29.2 Å². The monoisotopic (exact) mass is 230 g/mol. The molecule has 1 aliphatic heterocycles. The maximum absolute atomic E-state index is 12.5. The Morgan fingerprint density at radius 1 is 1.25 bits per heavy atom. The Kier molecular flexibility index (Phi) is 2.69. The lowest BCUT2D eigenvalue weighted by Crippen LogP contribution is -2.27. The van der Waals surface area contributed by atoms with Crippen LogP contribution < -0.4 is 10.6 Å². The highest BCUT2D eigenvalue weighted by atomic mass is 19.4. The number of para-hydroxylation sites is 2. The van der Waals surface area contributed by atoms with Gasteiger partial charge in [-0.3, -0.25) is 0 Å². The van der Waals surface area contributed by atoms with Crippen molar-refractivity contribution >= 4 is 11.4 Å². The predicted octanol–water partition coefficient (Wildman–Crippen LogP) is 2.66. The van der Waals surface area contributed by atoms with Crippen molar-refractivity contribution < 1.29 is 13.2 Å². The standard InChI is InChI=1S/C11H13F3N2/c12-11(13,14)8-5-6-16(7-8)10-4-2-1-3-9(10)15/h1-4,8H,5-7,15H2/t8-/m0/s1. The lowest BCUT2D eigenvalue weighted by Gasteiger charge is -2.21. The van der Waals surface area contributed by atoms with Gasteiger partial charge in [0.1, 0.15) is 0 Å². The van der Waals surface area contributed by atoms with E-state index in [2.05, 4.69) is 0 Å². The number of nitrogens with two attached hydrogens (primary N) is 1. The molecule has 0 aromatic heterocycles. The Hall–Kier alpha value is -1.39. The molecule has 1 aromatic carbocycles. The Morgan fingerprint density at radius 2 is 1.94 bits per heavy atom. The minimum atomic E-state index is -4.10. The van der Waals surface area contributed by atoms with E-state index in [0.29, 0.717) is 17.9 Å². The van der Waals surface area contributed by atoms with Gasteiger partial charge in [-0.25, -0.2) is 0 Å². The van der Waals surface area contributed by atoms with Gasteiger partial charge >= 0.3 is 6.18 Å². The van der Waals surface area contributed by atoms with Gasteiger partial charge in [0.25, 0.3) is 0 Å². The quantitative estimate of drug-likeness (QED) is 0.751. The highest BCUT2D eigenvalue weighted by molar-refractivity contribution is 5.67. The molecule has 2 rings (SSSR count). The molecule has 1 saturated heterocycles. The van der Waals surface area contributed by atoms with Crippen molar-refractivity contribution in [3.05, 3.63) is 24.3 Å². The van der Waals surface area contributed by atoms with Gasteiger partial charge in [-0.05, 0) is 18.6 Å². The minimum absolute atomic E-state index is 0.0116. The first-order valence-electron chi connectivity index (χ1n) is 5.14. The Balaban J connectivity index is 2.13. The largest absolute Gasteiger partial charge is 0.397 e. The second-order valence-corrected chi connectivity index (χ2v) is 4.03. The zero-order valence-electron chi connectivity index (χ0n) is 8.67. The maximum atomic E-state index is 12.5. The molecule has 1 fully saturated rings. The summed E-state index contributed by atoms with van der Waals surface area (Å²) in [6.07, 6.45) is -3.95. The van der Waals surface area contributed by atoms with E-state index < -0.39 is 12.1 Å². The van der Waals surface area contributed by atoms with Crippen LogP contribution in [0, 0.1) is 5.92 Å². The molecule has 2 nitrogen and oxygen atoms in total. The highest BCUT2D eigenvalue weighted by Gasteiger charge is 2.43. The van der Waals surface area contributed by atoms with E-state index in [0.717, 1.165) is 0 Å². The smallest absolute Gasteiger partial charge is 0.393 e. The van der Waals surface area contributed by atoms with Gasteiger partial charge in [-0.1, -0.05) is 12.1 Å². The molecule has 0 radical (unpaired) electrons. The molecule has 0 bridgehead atoms. The number of benzene rings is 1. The van der Waals surface area contributed by atoms with Gasteiger partial charge in [-0.15, -0.1) is 0 Å². The Bertz CT molecular complexity index is 376. The molecule has 2 N–H and O–H groups in total. The summed E-state index contributed by atoms with van der Waals surface area (Å²) < 4.78 is 37.5. The summed E-state index contributed by atoms with van der Waals surface area (Å²) in [5.74, 6) is -1.23. The molecule has 0 amide bonds. The van der Waals surface area contributed by atoms with Crippen molar-refractivity contribution in [3.63, 3.8) is 0 Å². The third-order valence-corrected chi connectivity index (χ3v) is 2.93. The zero-order valence-corrected chi connectivity index (χ0v) is 8.67. The number of halogens is 3. The molecule has 16 heavy (non-hydrogen) atoms. The number of rotatable bonds is 1. The lowest BCUT2D eigenvalue weighted by molar-refractivity contribution is -0.168. The van der Waals surface area contributed by atoms with Crippen LogP contribution in [0.15, 0.2) is 24.3 Å². The van der Waals surface area contributed by atoms with E-state index in [4.69, 9.17) is 5.73 Å². The van der Waals surface area contributed by atoms with Gasteiger partial charge < -0.3 is 10.6 Å². The SMILES string of the molecule is Nc1ccccc1N1CC[C@H](C(F)(F)F)C1. The second kappa shape index (κ2) is 3.88. The molecule has 0 unspecified atom stereocenters. The summed E-state index contributed by atoms with van der Waals surface area (Å²) >= 11 is 0. The molecule has 1 aromatic rings. The van der Waals surface area contributed by atoms with Crippen LogP contribution in [0.5, 0.6) is 0 Å².